The molecule has 0 aliphatic rings. The number of rotatable bonds is 5. The predicted octanol–water partition coefficient (Wildman–Crippen LogP) is -1.18. The van der Waals surface area contributed by atoms with Crippen LogP contribution in [0.15, 0.2) is 0 Å². The molecule has 4 N–H and O–H groups in total. The van der Waals surface area contributed by atoms with Gasteiger partial charge in [-0.3, -0.25) is 4.79 Å². The minimum atomic E-state index is -0.500. The minimum absolute atomic E-state index is 0.0453. The lowest BCUT2D eigenvalue weighted by molar-refractivity contribution is -0.116. The quantitative estimate of drug-likeness (QED) is 0.562. The number of methoxy groups -OCH3 is 1. The Kier molecular flexibility index (Phi) is 3.61. The normalized spacial score (nSPS) is 9.47. The molecule has 0 unspecified atom stereocenters. The van der Waals surface area contributed by atoms with Gasteiger partial charge in [-0.2, -0.15) is 15.0 Å². The van der Waals surface area contributed by atoms with Gasteiger partial charge in [-0.1, -0.05) is 0 Å². The first-order valence-electron chi connectivity index (χ1n) is 4.15. The van der Waals surface area contributed by atoms with Crippen LogP contribution in [0.5, 0.6) is 6.01 Å². The Bertz CT molecular complexity index is 333. The molecule has 0 fully saturated rings. The Hall–Kier alpha value is -2.12. The van der Waals surface area contributed by atoms with Crippen molar-refractivity contribution in [2.75, 3.05) is 31.3 Å². The van der Waals surface area contributed by atoms with E-state index < -0.39 is 5.91 Å². The van der Waals surface area contributed by atoms with Crippen molar-refractivity contribution in [1.82, 2.24) is 15.0 Å². The lowest BCUT2D eigenvalue weighted by Gasteiger charge is -2.05. The summed E-state index contributed by atoms with van der Waals surface area (Å²) in [6.07, 6.45) is 0. The Morgan fingerprint density at radius 2 is 2.07 bits per heavy atom. The van der Waals surface area contributed by atoms with Crippen LogP contribution in [0, 0.1) is 0 Å². The minimum Gasteiger partial charge on any atom is -0.467 e. The van der Waals surface area contributed by atoms with Crippen LogP contribution in [0.4, 0.5) is 11.9 Å². The Balaban J connectivity index is 2.81. The second kappa shape index (κ2) is 4.94. The second-order valence-corrected chi connectivity index (χ2v) is 2.54. The molecule has 82 valence electrons. The van der Waals surface area contributed by atoms with E-state index >= 15 is 0 Å². The number of amides is 1. The molecule has 8 nitrogen and oxygen atoms in total. The molecular formula is C7H12N6O2. The van der Waals surface area contributed by atoms with E-state index in [0.29, 0.717) is 5.95 Å². The number of nitrogens with zero attached hydrogens (tertiary/aromatic N) is 3. The van der Waals surface area contributed by atoms with E-state index in [2.05, 4.69) is 25.6 Å². The number of carbonyl (C=O) groups excluding carboxylic acids is 1. The smallest absolute Gasteiger partial charge is 0.322 e. The van der Waals surface area contributed by atoms with E-state index in [4.69, 9.17) is 10.5 Å². The predicted molar refractivity (Wildman–Crippen MR) is 53.6 cm³/mol. The lowest BCUT2D eigenvalue weighted by Crippen LogP contribution is -2.23. The van der Waals surface area contributed by atoms with E-state index in [-0.39, 0.29) is 18.5 Å². The number of carbonyl (C=O) groups is 1. The molecule has 0 aliphatic carbocycles. The highest BCUT2D eigenvalue weighted by Gasteiger charge is 2.05. The third-order valence-corrected chi connectivity index (χ3v) is 1.44. The van der Waals surface area contributed by atoms with Crippen LogP contribution >= 0.6 is 0 Å². The van der Waals surface area contributed by atoms with E-state index in [9.17, 15) is 4.79 Å². The van der Waals surface area contributed by atoms with Crippen LogP contribution in [0.3, 0.4) is 0 Å². The van der Waals surface area contributed by atoms with Crippen LogP contribution in [0.1, 0.15) is 0 Å². The fourth-order valence-corrected chi connectivity index (χ4v) is 0.805. The summed E-state index contributed by atoms with van der Waals surface area (Å²) < 4.78 is 4.85. The first-order chi connectivity index (χ1) is 7.15. The topological polar surface area (TPSA) is 115 Å². The van der Waals surface area contributed by atoms with Crippen molar-refractivity contribution in [1.29, 1.82) is 0 Å². The number of hydrogen-bond donors (Lipinski definition) is 3. The molecule has 1 aromatic rings. The number of nitrogens with two attached hydrogens (primary N) is 1. The molecule has 1 amide bonds. The van der Waals surface area contributed by atoms with Crippen LogP contribution < -0.4 is 21.1 Å². The zero-order valence-electron chi connectivity index (χ0n) is 8.44. The number of ether oxygens (including phenoxy) is 1. The number of nitrogens with one attached hydrogen (secondary N) is 2. The zero-order valence-corrected chi connectivity index (χ0v) is 8.44. The lowest BCUT2D eigenvalue weighted by atomic mass is 10.6. The fraction of sp³-hybridized carbons (Fsp3) is 0.429. The molecule has 8 heteroatoms. The molecule has 1 aromatic heterocycles. The zero-order chi connectivity index (χ0) is 11.3. The summed E-state index contributed by atoms with van der Waals surface area (Å²) in [4.78, 5) is 22.2. The maximum absolute atomic E-state index is 10.5. The average Bonchev–Trinajstić information content (AvgIpc) is 2.25. The molecule has 0 aromatic carbocycles. The highest BCUT2D eigenvalue weighted by molar-refractivity contribution is 5.78. The van der Waals surface area contributed by atoms with Gasteiger partial charge in [-0.05, 0) is 0 Å². The molecule has 0 spiro atoms. The van der Waals surface area contributed by atoms with Gasteiger partial charge in [0.2, 0.25) is 17.8 Å². The maximum Gasteiger partial charge on any atom is 0.322 e. The summed E-state index contributed by atoms with van der Waals surface area (Å²) in [6, 6.07) is 0.154. The third-order valence-electron chi connectivity index (χ3n) is 1.44. The standard InChI is InChI=1S/C7H12N6O2/c1-9-5-11-6(10-3-4(8)14)13-7(12-5)15-2/h3H2,1-2H3,(H2,8,14)(H2,9,10,11,12,13). The summed E-state index contributed by atoms with van der Waals surface area (Å²) in [5, 5.41) is 5.37. The van der Waals surface area contributed by atoms with E-state index in [1.165, 1.54) is 7.11 Å². The van der Waals surface area contributed by atoms with Crippen molar-refractivity contribution < 1.29 is 9.53 Å². The van der Waals surface area contributed by atoms with E-state index in [1.807, 2.05) is 0 Å². The summed E-state index contributed by atoms with van der Waals surface area (Å²) in [5.41, 5.74) is 4.96. The SMILES string of the molecule is CNc1nc(NCC(N)=O)nc(OC)n1. The van der Waals surface area contributed by atoms with Crippen molar-refractivity contribution in [3.05, 3.63) is 0 Å². The van der Waals surface area contributed by atoms with Crippen molar-refractivity contribution in [2.45, 2.75) is 0 Å². The highest BCUT2D eigenvalue weighted by atomic mass is 16.5. The van der Waals surface area contributed by atoms with Crippen molar-refractivity contribution in [3.63, 3.8) is 0 Å². The van der Waals surface area contributed by atoms with Gasteiger partial charge in [0.05, 0.1) is 13.7 Å². The van der Waals surface area contributed by atoms with Gasteiger partial charge in [-0.25, -0.2) is 0 Å². The average molecular weight is 212 g/mol. The molecule has 15 heavy (non-hydrogen) atoms. The third kappa shape index (κ3) is 3.25. The molecule has 1 heterocycles. The molecular weight excluding hydrogens is 200 g/mol. The summed E-state index contributed by atoms with van der Waals surface area (Å²) in [5.74, 6) is 0.0687. The second-order valence-electron chi connectivity index (χ2n) is 2.54. The van der Waals surface area contributed by atoms with Gasteiger partial charge < -0.3 is 21.1 Å². The molecule has 0 radical (unpaired) electrons. The van der Waals surface area contributed by atoms with Gasteiger partial charge in [0.15, 0.2) is 0 Å². The summed E-state index contributed by atoms with van der Waals surface area (Å²) in [7, 11) is 3.10. The molecule has 0 saturated carbocycles. The van der Waals surface area contributed by atoms with E-state index in [1.54, 1.807) is 7.05 Å². The van der Waals surface area contributed by atoms with Crippen molar-refractivity contribution >= 4 is 17.8 Å². The molecule has 1 rings (SSSR count). The summed E-state index contributed by atoms with van der Waals surface area (Å²) >= 11 is 0. The van der Waals surface area contributed by atoms with Gasteiger partial charge >= 0.3 is 6.01 Å². The molecule has 0 saturated heterocycles. The monoisotopic (exact) mass is 212 g/mol. The number of primary amides is 1. The van der Waals surface area contributed by atoms with Crippen LogP contribution in [-0.2, 0) is 4.79 Å². The van der Waals surface area contributed by atoms with Crippen molar-refractivity contribution in [2.24, 2.45) is 5.73 Å². The van der Waals surface area contributed by atoms with Gasteiger partial charge in [-0.15, -0.1) is 0 Å². The van der Waals surface area contributed by atoms with Gasteiger partial charge in [0, 0.05) is 7.05 Å². The first-order valence-corrected chi connectivity index (χ1v) is 4.15. The Morgan fingerprint density at radius 1 is 1.40 bits per heavy atom. The molecule has 0 aliphatic heterocycles. The highest BCUT2D eigenvalue weighted by Crippen LogP contribution is 2.09. The van der Waals surface area contributed by atoms with Crippen LogP contribution in [-0.4, -0.2) is 41.6 Å². The van der Waals surface area contributed by atoms with Crippen LogP contribution in [0.2, 0.25) is 0 Å². The largest absolute Gasteiger partial charge is 0.467 e. The van der Waals surface area contributed by atoms with Crippen molar-refractivity contribution in [3.8, 4) is 6.01 Å². The first kappa shape index (κ1) is 11.0. The maximum atomic E-state index is 10.5. The van der Waals surface area contributed by atoms with Crippen LogP contribution in [0.25, 0.3) is 0 Å². The number of aromatic nitrogens is 3. The molecule has 0 bridgehead atoms. The number of hydrogen-bond acceptors (Lipinski definition) is 7. The van der Waals surface area contributed by atoms with Gasteiger partial charge in [0.25, 0.3) is 0 Å². The Morgan fingerprint density at radius 3 is 2.60 bits per heavy atom. The Labute approximate surface area is 86.3 Å². The molecule has 0 atom stereocenters. The van der Waals surface area contributed by atoms with E-state index in [0.717, 1.165) is 0 Å². The number of anilines is 2. The van der Waals surface area contributed by atoms with Gasteiger partial charge in [0.1, 0.15) is 0 Å². The summed E-state index contributed by atoms with van der Waals surface area (Å²) in [6.45, 7) is -0.0453. The fourth-order valence-electron chi connectivity index (χ4n) is 0.805.